The van der Waals surface area contributed by atoms with Crippen molar-refractivity contribution < 1.29 is 17.1 Å². The average Bonchev–Trinajstić information content (AvgIpc) is 2.89. The molecule has 0 aliphatic heterocycles. The van der Waals surface area contributed by atoms with Gasteiger partial charge in [-0.1, -0.05) is 54.6 Å². The van der Waals surface area contributed by atoms with Crippen LogP contribution in [0.3, 0.4) is 0 Å². The van der Waals surface area contributed by atoms with E-state index < -0.39 is 0 Å². The number of rotatable bonds is 9. The van der Waals surface area contributed by atoms with Crippen LogP contribution in [-0.2, 0) is 17.1 Å². The summed E-state index contributed by atoms with van der Waals surface area (Å²) in [5, 5.41) is 4.76. The van der Waals surface area contributed by atoms with Gasteiger partial charge < -0.3 is 0 Å². The first-order valence-corrected chi connectivity index (χ1v) is 18.6. The molecule has 0 radical (unpaired) electrons. The maximum atomic E-state index is 2.30. The van der Waals surface area contributed by atoms with Gasteiger partial charge >= 0.3 is 34.1 Å². The molecule has 0 fully saturated rings. The molecule has 0 bridgehead atoms. The van der Waals surface area contributed by atoms with Gasteiger partial charge in [0, 0.05) is 23.8 Å². The Kier molecular flexibility index (Phi) is 25.8. The molecule has 0 atom stereocenters. The molecular formula is C30H49CuP3Se+3. The van der Waals surface area contributed by atoms with E-state index in [0.717, 1.165) is 0 Å². The van der Waals surface area contributed by atoms with Crippen LogP contribution in [0.4, 0.5) is 0 Å². The monoisotopic (exact) mass is 645 g/mol. The third-order valence-electron chi connectivity index (χ3n) is 6.11. The molecule has 0 spiro atoms. The summed E-state index contributed by atoms with van der Waals surface area (Å²) < 4.78 is 0. The van der Waals surface area contributed by atoms with E-state index in [1.165, 1.54) is 37.0 Å². The van der Waals surface area contributed by atoms with Crippen molar-refractivity contribution in [1.29, 1.82) is 0 Å². The molecule has 3 rings (SSSR count). The predicted molar refractivity (Wildman–Crippen MR) is 174 cm³/mol. The Balaban J connectivity index is 0. The Morgan fingerprint density at radius 3 is 0.686 bits per heavy atom. The van der Waals surface area contributed by atoms with Crippen LogP contribution in [0.5, 0.6) is 0 Å². The molecule has 0 N–H and O–H groups in total. The zero-order valence-corrected chi connectivity index (χ0v) is 28.5. The normalized spacial score (nSPS) is 9.86. The Bertz CT molecular complexity index is 694. The Morgan fingerprint density at radius 2 is 0.543 bits per heavy atom. The quantitative estimate of drug-likeness (QED) is 0.173. The van der Waals surface area contributed by atoms with E-state index in [-0.39, 0.29) is 57.9 Å². The molecule has 0 amide bonds. The van der Waals surface area contributed by atoms with Crippen molar-refractivity contribution in [3.63, 3.8) is 0 Å². The molecule has 0 aliphatic rings. The molecular weight excluding hydrogens is 596 g/mol. The van der Waals surface area contributed by atoms with Crippen LogP contribution in [0.15, 0.2) is 91.0 Å². The minimum absolute atomic E-state index is 0. The molecule has 0 saturated heterocycles. The number of hydrogen-bond donors (Lipinski definition) is 0. The fourth-order valence-electron chi connectivity index (χ4n) is 4.00. The van der Waals surface area contributed by atoms with Gasteiger partial charge in [0.05, 0.1) is 52.9 Å². The average molecular weight is 645 g/mol. The van der Waals surface area contributed by atoms with Gasteiger partial charge in [-0.15, -0.1) is 0 Å². The van der Waals surface area contributed by atoms with Crippen molar-refractivity contribution in [1.82, 2.24) is 0 Å². The van der Waals surface area contributed by atoms with Crippen LogP contribution >= 0.6 is 23.8 Å². The van der Waals surface area contributed by atoms with Gasteiger partial charge in [-0.2, -0.15) is 0 Å². The van der Waals surface area contributed by atoms with Crippen LogP contribution in [-0.4, -0.2) is 54.0 Å². The van der Waals surface area contributed by atoms with Crippen LogP contribution in [0.25, 0.3) is 0 Å². The van der Waals surface area contributed by atoms with E-state index in [1.807, 2.05) is 0 Å². The molecule has 0 nitrogen and oxygen atoms in total. The van der Waals surface area contributed by atoms with E-state index in [2.05, 4.69) is 133 Å². The third-order valence-corrected chi connectivity index (χ3v) is 14.7. The van der Waals surface area contributed by atoms with Crippen molar-refractivity contribution in [2.24, 2.45) is 0 Å². The first-order valence-electron chi connectivity index (χ1n) is 12.8. The summed E-state index contributed by atoms with van der Waals surface area (Å²) in [4.78, 5) is 0. The molecule has 0 heterocycles. The SMILES string of the molecule is CC[PH+](CC)c1ccccc1.CC[PH+](CC)c1ccccc1.CC[PH+](CC)c1ccccc1.[Cu+].[SeH-]. The molecule has 0 aliphatic carbocycles. The Labute approximate surface area is 242 Å². The summed E-state index contributed by atoms with van der Waals surface area (Å²) in [6.45, 7) is 13.8. The van der Waals surface area contributed by atoms with Crippen LogP contribution in [0.2, 0.25) is 0 Å². The first-order chi connectivity index (χ1) is 16.1. The standard InChI is InChI=1S/3C10H15P.Cu.H2Se/c3*1-3-11(4-2)10-8-6-5-7-9-10;;/h3*5-9H,3-4H2,1-2H3;;1H2/q;;;+1;/p+2. The van der Waals surface area contributed by atoms with Gasteiger partial charge in [-0.3, -0.25) is 0 Å². The van der Waals surface area contributed by atoms with Crippen LogP contribution in [0.1, 0.15) is 41.5 Å². The first kappa shape index (κ1) is 37.1. The predicted octanol–water partition coefficient (Wildman–Crippen LogP) is 7.05. The zero-order valence-electron chi connectivity index (χ0n) is 22.7. The summed E-state index contributed by atoms with van der Waals surface area (Å²) in [7, 11) is -0.603. The van der Waals surface area contributed by atoms with E-state index >= 15 is 0 Å². The number of hydrogen-bond acceptors (Lipinski definition) is 0. The molecule has 0 unspecified atom stereocenters. The topological polar surface area (TPSA) is 0 Å². The van der Waals surface area contributed by atoms with Crippen molar-refractivity contribution >= 4 is 56.7 Å². The van der Waals surface area contributed by atoms with Gasteiger partial charge in [0.15, 0.2) is 0 Å². The van der Waals surface area contributed by atoms with Crippen molar-refractivity contribution in [3.05, 3.63) is 91.0 Å². The second kappa shape index (κ2) is 24.3. The molecule has 3 aromatic carbocycles. The molecule has 198 valence electrons. The van der Waals surface area contributed by atoms with Crippen molar-refractivity contribution in [3.8, 4) is 0 Å². The van der Waals surface area contributed by atoms with Gasteiger partial charge in [-0.25, -0.2) is 0 Å². The summed E-state index contributed by atoms with van der Waals surface area (Å²) in [6.07, 6.45) is 8.11. The van der Waals surface area contributed by atoms with Gasteiger partial charge in [0.1, 0.15) is 0 Å². The van der Waals surface area contributed by atoms with Crippen LogP contribution in [0, 0.1) is 0 Å². The minimum atomic E-state index is -0.201. The van der Waals surface area contributed by atoms with E-state index in [0.29, 0.717) is 0 Å². The molecule has 5 heteroatoms. The van der Waals surface area contributed by atoms with Crippen molar-refractivity contribution in [2.45, 2.75) is 41.5 Å². The molecule has 3 aromatic rings. The molecule has 0 aromatic heterocycles. The second-order valence-corrected chi connectivity index (χ2v) is 17.6. The summed E-state index contributed by atoms with van der Waals surface area (Å²) in [5.74, 6) is 0. The van der Waals surface area contributed by atoms with Crippen LogP contribution < -0.4 is 15.9 Å². The van der Waals surface area contributed by atoms with Crippen molar-refractivity contribution in [2.75, 3.05) is 37.0 Å². The zero-order chi connectivity index (χ0) is 24.3. The fourth-order valence-corrected chi connectivity index (χ4v) is 9.94. The van der Waals surface area contributed by atoms with Gasteiger partial charge in [0.25, 0.3) is 0 Å². The Morgan fingerprint density at radius 1 is 0.371 bits per heavy atom. The maximum absolute atomic E-state index is 2.30. The number of benzene rings is 3. The summed E-state index contributed by atoms with van der Waals surface area (Å²) >= 11 is 0. The third kappa shape index (κ3) is 15.1. The van der Waals surface area contributed by atoms with E-state index in [4.69, 9.17) is 0 Å². The molecule has 0 saturated carbocycles. The van der Waals surface area contributed by atoms with E-state index in [9.17, 15) is 0 Å². The summed E-state index contributed by atoms with van der Waals surface area (Å²) in [6, 6.07) is 32.7. The van der Waals surface area contributed by atoms with Gasteiger partial charge in [0.2, 0.25) is 0 Å². The summed E-state index contributed by atoms with van der Waals surface area (Å²) in [5.41, 5.74) is 0. The molecule has 35 heavy (non-hydrogen) atoms. The fraction of sp³-hybridized carbons (Fsp3) is 0.400. The van der Waals surface area contributed by atoms with E-state index in [1.54, 1.807) is 15.9 Å². The Hall–Kier alpha value is -0.0110. The second-order valence-electron chi connectivity index (χ2n) is 8.03. The van der Waals surface area contributed by atoms with Gasteiger partial charge in [-0.05, 0) is 77.9 Å².